The van der Waals surface area contributed by atoms with Gasteiger partial charge in [0.1, 0.15) is 0 Å². The molecule has 4 heteroatoms. The van der Waals surface area contributed by atoms with E-state index in [-0.39, 0.29) is 12.3 Å². The number of nitrogens with zero attached hydrogens (tertiary/aromatic N) is 2. The maximum absolute atomic E-state index is 12.2. The molecule has 100 valence electrons. The zero-order valence-corrected chi connectivity index (χ0v) is 11.4. The van der Waals surface area contributed by atoms with Gasteiger partial charge in [-0.3, -0.25) is 9.79 Å². The highest BCUT2D eigenvalue weighted by Crippen LogP contribution is 2.41. The summed E-state index contributed by atoms with van der Waals surface area (Å²) in [6.07, 6.45) is 3.85. The van der Waals surface area contributed by atoms with Crippen molar-refractivity contribution >= 4 is 17.3 Å². The molecule has 1 heterocycles. The number of carbonyl (C=O) groups is 1. The lowest BCUT2D eigenvalue weighted by molar-refractivity contribution is -0.135. The SMILES string of the molecule is CN=C(C)/C=C/C[C@@]1(O)C(=O)N(C)c2ccccc21. The molecule has 1 N–H and O–H groups in total. The van der Waals surface area contributed by atoms with E-state index in [0.717, 1.165) is 11.4 Å². The van der Waals surface area contributed by atoms with Crippen molar-refractivity contribution in [1.82, 2.24) is 0 Å². The Bertz CT molecular complexity index is 563. The largest absolute Gasteiger partial charge is 0.375 e. The van der Waals surface area contributed by atoms with E-state index >= 15 is 0 Å². The van der Waals surface area contributed by atoms with Gasteiger partial charge in [0.15, 0.2) is 5.60 Å². The topological polar surface area (TPSA) is 52.9 Å². The van der Waals surface area contributed by atoms with E-state index in [0.29, 0.717) is 5.56 Å². The van der Waals surface area contributed by atoms with E-state index < -0.39 is 5.60 Å². The molecule has 1 atom stereocenters. The molecule has 1 aromatic rings. The van der Waals surface area contributed by atoms with E-state index in [9.17, 15) is 9.90 Å². The fourth-order valence-electron chi connectivity index (χ4n) is 2.29. The number of aliphatic hydroxyl groups is 1. The van der Waals surface area contributed by atoms with E-state index in [4.69, 9.17) is 0 Å². The zero-order valence-electron chi connectivity index (χ0n) is 11.4. The number of likely N-dealkylation sites (N-methyl/N-ethyl adjacent to an activating group) is 1. The molecule has 0 radical (unpaired) electrons. The van der Waals surface area contributed by atoms with Crippen LogP contribution in [0, 0.1) is 0 Å². The van der Waals surface area contributed by atoms with Crippen molar-refractivity contribution < 1.29 is 9.90 Å². The van der Waals surface area contributed by atoms with E-state index in [2.05, 4.69) is 4.99 Å². The van der Waals surface area contributed by atoms with Gasteiger partial charge in [0.25, 0.3) is 5.91 Å². The van der Waals surface area contributed by atoms with Gasteiger partial charge in [-0.05, 0) is 19.1 Å². The fourth-order valence-corrected chi connectivity index (χ4v) is 2.29. The number of carbonyl (C=O) groups excluding carboxylic acids is 1. The average molecular weight is 258 g/mol. The Morgan fingerprint density at radius 1 is 1.47 bits per heavy atom. The van der Waals surface area contributed by atoms with Crippen LogP contribution in [0.5, 0.6) is 0 Å². The first-order valence-corrected chi connectivity index (χ1v) is 6.20. The van der Waals surface area contributed by atoms with Crippen LogP contribution in [0.4, 0.5) is 5.69 Å². The second-order valence-corrected chi connectivity index (χ2v) is 4.71. The summed E-state index contributed by atoms with van der Waals surface area (Å²) < 4.78 is 0. The summed E-state index contributed by atoms with van der Waals surface area (Å²) in [5.41, 5.74) is 0.828. The summed E-state index contributed by atoms with van der Waals surface area (Å²) in [6, 6.07) is 7.33. The van der Waals surface area contributed by atoms with Gasteiger partial charge in [-0.2, -0.15) is 0 Å². The summed E-state index contributed by atoms with van der Waals surface area (Å²) >= 11 is 0. The van der Waals surface area contributed by atoms with Crippen LogP contribution in [0.3, 0.4) is 0 Å². The zero-order chi connectivity index (χ0) is 14.0. The maximum atomic E-state index is 12.2. The van der Waals surface area contributed by atoms with Gasteiger partial charge >= 0.3 is 0 Å². The Kier molecular flexibility index (Phi) is 3.53. The van der Waals surface area contributed by atoms with E-state index in [1.807, 2.05) is 31.2 Å². The molecule has 1 aromatic carbocycles. The van der Waals surface area contributed by atoms with Crippen molar-refractivity contribution in [1.29, 1.82) is 0 Å². The van der Waals surface area contributed by atoms with Crippen molar-refractivity contribution in [3.05, 3.63) is 42.0 Å². The first kappa shape index (κ1) is 13.5. The first-order valence-electron chi connectivity index (χ1n) is 6.20. The minimum atomic E-state index is -1.46. The van der Waals surface area contributed by atoms with Crippen molar-refractivity contribution in [3.8, 4) is 0 Å². The van der Waals surface area contributed by atoms with Gasteiger partial charge in [-0.25, -0.2) is 0 Å². The van der Waals surface area contributed by atoms with Crippen molar-refractivity contribution in [3.63, 3.8) is 0 Å². The predicted octanol–water partition coefficient (Wildman–Crippen LogP) is 1.89. The highest BCUT2D eigenvalue weighted by molar-refractivity contribution is 6.06. The molecule has 0 spiro atoms. The normalized spacial score (nSPS) is 23.3. The Morgan fingerprint density at radius 3 is 2.84 bits per heavy atom. The number of fused-ring (bicyclic) bond motifs is 1. The summed E-state index contributed by atoms with van der Waals surface area (Å²) in [6.45, 7) is 1.87. The highest BCUT2D eigenvalue weighted by atomic mass is 16.3. The Balaban J connectivity index is 2.33. The third-order valence-corrected chi connectivity index (χ3v) is 3.49. The molecule has 2 rings (SSSR count). The van der Waals surface area contributed by atoms with Gasteiger partial charge in [-0.15, -0.1) is 0 Å². The van der Waals surface area contributed by atoms with Crippen molar-refractivity contribution in [2.24, 2.45) is 4.99 Å². The Labute approximate surface area is 113 Å². The van der Waals surface area contributed by atoms with E-state index in [1.165, 1.54) is 4.90 Å². The summed E-state index contributed by atoms with van der Waals surface area (Å²) in [5, 5.41) is 10.7. The number of amides is 1. The van der Waals surface area contributed by atoms with E-state index in [1.54, 1.807) is 26.2 Å². The third kappa shape index (κ3) is 2.19. The quantitative estimate of drug-likeness (QED) is 0.842. The Morgan fingerprint density at radius 2 is 2.16 bits per heavy atom. The highest BCUT2D eigenvalue weighted by Gasteiger charge is 2.47. The molecular formula is C15H18N2O2. The lowest BCUT2D eigenvalue weighted by Crippen LogP contribution is -2.38. The summed E-state index contributed by atoms with van der Waals surface area (Å²) in [7, 11) is 3.39. The van der Waals surface area contributed by atoms with Crippen LogP contribution >= 0.6 is 0 Å². The molecule has 0 fully saturated rings. The standard InChI is InChI=1S/C15H18N2O2/c1-11(16-2)7-6-10-15(19)12-8-4-5-9-13(12)17(3)14(15)18/h4-9,19H,10H2,1-3H3/b7-6+,16-11?/t15-/m0/s1. The monoisotopic (exact) mass is 258 g/mol. The number of allylic oxidation sites excluding steroid dienone is 1. The van der Waals surface area contributed by atoms with Gasteiger partial charge in [0.05, 0.1) is 5.69 Å². The number of aliphatic imine (C=N–C) groups is 1. The number of hydrogen-bond acceptors (Lipinski definition) is 3. The van der Waals surface area contributed by atoms with Crippen LogP contribution in [0.15, 0.2) is 41.4 Å². The number of para-hydroxylation sites is 1. The summed E-state index contributed by atoms with van der Waals surface area (Å²) in [5.74, 6) is -0.288. The number of benzene rings is 1. The molecule has 0 aromatic heterocycles. The molecule has 1 aliphatic rings. The smallest absolute Gasteiger partial charge is 0.263 e. The molecule has 1 aliphatic heterocycles. The minimum Gasteiger partial charge on any atom is -0.375 e. The van der Waals surface area contributed by atoms with Crippen LogP contribution in [-0.4, -0.2) is 30.8 Å². The van der Waals surface area contributed by atoms with Gasteiger partial charge in [0, 0.05) is 31.8 Å². The molecule has 0 saturated heterocycles. The number of hydrogen-bond donors (Lipinski definition) is 1. The first-order chi connectivity index (χ1) is 9.00. The summed E-state index contributed by atoms with van der Waals surface area (Å²) in [4.78, 5) is 17.8. The molecule has 19 heavy (non-hydrogen) atoms. The number of rotatable bonds is 3. The van der Waals surface area contributed by atoms with Crippen LogP contribution in [-0.2, 0) is 10.4 Å². The molecule has 1 amide bonds. The van der Waals surface area contributed by atoms with Gasteiger partial charge in [0.2, 0.25) is 0 Å². The molecular weight excluding hydrogens is 240 g/mol. The Hall–Kier alpha value is -1.94. The molecule has 0 aliphatic carbocycles. The van der Waals surface area contributed by atoms with Crippen LogP contribution in [0.1, 0.15) is 18.9 Å². The maximum Gasteiger partial charge on any atom is 0.263 e. The van der Waals surface area contributed by atoms with Crippen LogP contribution in [0.2, 0.25) is 0 Å². The molecule has 0 saturated carbocycles. The third-order valence-electron chi connectivity index (χ3n) is 3.49. The fraction of sp³-hybridized carbons (Fsp3) is 0.333. The van der Waals surface area contributed by atoms with Gasteiger partial charge in [-0.1, -0.05) is 24.3 Å². The van der Waals surface area contributed by atoms with Crippen LogP contribution in [0.25, 0.3) is 0 Å². The lowest BCUT2D eigenvalue weighted by Gasteiger charge is -2.19. The second kappa shape index (κ2) is 4.97. The molecule has 0 bridgehead atoms. The van der Waals surface area contributed by atoms with Crippen LogP contribution < -0.4 is 4.90 Å². The molecule has 4 nitrogen and oxygen atoms in total. The molecule has 0 unspecified atom stereocenters. The average Bonchev–Trinajstić information content (AvgIpc) is 2.62. The predicted molar refractivity (Wildman–Crippen MR) is 76.5 cm³/mol. The van der Waals surface area contributed by atoms with Gasteiger partial charge < -0.3 is 10.0 Å². The lowest BCUT2D eigenvalue weighted by atomic mass is 9.91. The minimum absolute atomic E-state index is 0.250. The van der Waals surface area contributed by atoms with Crippen molar-refractivity contribution in [2.75, 3.05) is 19.0 Å². The van der Waals surface area contributed by atoms with Crippen molar-refractivity contribution in [2.45, 2.75) is 18.9 Å². The number of anilines is 1. The second-order valence-electron chi connectivity index (χ2n) is 4.71.